The number of aromatic nitrogens is 1. The Bertz CT molecular complexity index is 990. The Morgan fingerprint density at radius 3 is 2.57 bits per heavy atom. The Morgan fingerprint density at radius 2 is 1.65 bits per heavy atom. The number of rotatable bonds is 3. The summed E-state index contributed by atoms with van der Waals surface area (Å²) in [6.45, 7) is 2.15. The summed E-state index contributed by atoms with van der Waals surface area (Å²) in [5.74, 6) is 0. The highest BCUT2D eigenvalue weighted by molar-refractivity contribution is 8.00. The molecule has 0 aliphatic rings. The molecule has 0 aliphatic carbocycles. The quantitative estimate of drug-likeness (QED) is 0.482. The molecule has 0 unspecified atom stereocenters. The molecular weight excluding hydrogens is 300 g/mol. The number of aryl methyl sites for hydroxylation is 1. The van der Waals surface area contributed by atoms with Gasteiger partial charge in [0.25, 0.3) is 0 Å². The van der Waals surface area contributed by atoms with Gasteiger partial charge in [0.2, 0.25) is 0 Å². The van der Waals surface area contributed by atoms with Crippen LogP contribution in [0.4, 0.5) is 5.69 Å². The third-order valence-electron chi connectivity index (χ3n) is 4.01. The monoisotopic (exact) mass is 316 g/mol. The van der Waals surface area contributed by atoms with Crippen LogP contribution in [0.5, 0.6) is 0 Å². The molecular formula is C20H16N2S. The van der Waals surface area contributed by atoms with E-state index in [1.54, 1.807) is 11.9 Å². The summed E-state index contributed by atoms with van der Waals surface area (Å²) in [6, 6.07) is 23.1. The van der Waals surface area contributed by atoms with E-state index in [1.165, 1.54) is 16.3 Å². The zero-order valence-corrected chi connectivity index (χ0v) is 13.6. The average molecular weight is 316 g/mol. The predicted octanol–water partition coefficient (Wildman–Crippen LogP) is 5.82. The minimum atomic E-state index is 1.03. The van der Waals surface area contributed by atoms with Gasteiger partial charge in [-0.3, -0.25) is 4.98 Å². The predicted molar refractivity (Wildman–Crippen MR) is 99.9 cm³/mol. The smallest absolute Gasteiger partial charge is 0.0855 e. The van der Waals surface area contributed by atoms with Crippen molar-refractivity contribution in [3.8, 4) is 0 Å². The molecule has 4 rings (SSSR count). The van der Waals surface area contributed by atoms with Crippen LogP contribution in [0.15, 0.2) is 77.8 Å². The number of benzene rings is 3. The number of anilines is 1. The Labute approximate surface area is 139 Å². The number of nitrogens with zero attached hydrogens (tertiary/aromatic N) is 1. The van der Waals surface area contributed by atoms with Crippen molar-refractivity contribution in [2.45, 2.75) is 11.8 Å². The van der Waals surface area contributed by atoms with Gasteiger partial charge in [-0.05, 0) is 48.0 Å². The molecule has 1 N–H and O–H groups in total. The van der Waals surface area contributed by atoms with Gasteiger partial charge in [0.05, 0.1) is 16.1 Å². The normalized spacial score (nSPS) is 11.0. The second-order valence-electron chi connectivity index (χ2n) is 5.51. The van der Waals surface area contributed by atoms with Gasteiger partial charge in [0.15, 0.2) is 0 Å². The van der Waals surface area contributed by atoms with Crippen molar-refractivity contribution in [1.29, 1.82) is 0 Å². The molecule has 0 bridgehead atoms. The van der Waals surface area contributed by atoms with Crippen LogP contribution in [-0.2, 0) is 0 Å². The Balaban J connectivity index is 1.71. The van der Waals surface area contributed by atoms with Crippen LogP contribution >= 0.6 is 11.9 Å². The molecule has 1 heterocycles. The van der Waals surface area contributed by atoms with Crippen molar-refractivity contribution in [2.75, 3.05) is 4.72 Å². The molecule has 2 nitrogen and oxygen atoms in total. The van der Waals surface area contributed by atoms with Gasteiger partial charge in [-0.1, -0.05) is 48.5 Å². The lowest BCUT2D eigenvalue weighted by atomic mass is 10.0. The molecule has 4 aromatic rings. The Kier molecular flexibility index (Phi) is 3.64. The zero-order chi connectivity index (χ0) is 15.6. The Hall–Kier alpha value is -2.52. The van der Waals surface area contributed by atoms with Crippen LogP contribution in [-0.4, -0.2) is 4.98 Å². The molecule has 0 amide bonds. The van der Waals surface area contributed by atoms with E-state index in [1.807, 2.05) is 12.3 Å². The Morgan fingerprint density at radius 1 is 0.826 bits per heavy atom. The number of hydrogen-bond donors (Lipinski definition) is 1. The van der Waals surface area contributed by atoms with Gasteiger partial charge >= 0.3 is 0 Å². The first-order valence-electron chi connectivity index (χ1n) is 7.58. The molecule has 0 saturated carbocycles. The maximum atomic E-state index is 4.51. The first-order valence-corrected chi connectivity index (χ1v) is 8.39. The zero-order valence-electron chi connectivity index (χ0n) is 12.8. The first-order chi connectivity index (χ1) is 11.3. The van der Waals surface area contributed by atoms with Gasteiger partial charge < -0.3 is 4.72 Å². The number of para-hydroxylation sites is 1. The summed E-state index contributed by atoms with van der Waals surface area (Å²) in [6.07, 6.45) is 1.84. The topological polar surface area (TPSA) is 24.9 Å². The molecule has 0 spiro atoms. The average Bonchev–Trinajstić information content (AvgIpc) is 2.61. The van der Waals surface area contributed by atoms with Crippen molar-refractivity contribution in [3.63, 3.8) is 0 Å². The van der Waals surface area contributed by atoms with E-state index in [9.17, 15) is 0 Å². The summed E-state index contributed by atoms with van der Waals surface area (Å²) in [7, 11) is 0. The van der Waals surface area contributed by atoms with Gasteiger partial charge in [-0.25, -0.2) is 0 Å². The molecule has 0 radical (unpaired) electrons. The molecule has 0 fully saturated rings. The van der Waals surface area contributed by atoms with Crippen LogP contribution in [0.3, 0.4) is 0 Å². The number of pyridine rings is 1. The number of fused-ring (bicyclic) bond motifs is 2. The lowest BCUT2D eigenvalue weighted by Gasteiger charge is -2.11. The van der Waals surface area contributed by atoms with E-state index in [4.69, 9.17) is 0 Å². The molecule has 3 aromatic carbocycles. The highest BCUT2D eigenvalue weighted by atomic mass is 32.2. The summed E-state index contributed by atoms with van der Waals surface area (Å²) in [5, 5.41) is 3.69. The van der Waals surface area contributed by atoms with E-state index in [2.05, 4.69) is 77.3 Å². The van der Waals surface area contributed by atoms with Gasteiger partial charge in [-0.15, -0.1) is 0 Å². The minimum Gasteiger partial charge on any atom is -0.325 e. The molecule has 0 aliphatic heterocycles. The van der Waals surface area contributed by atoms with E-state index in [0.717, 1.165) is 21.5 Å². The van der Waals surface area contributed by atoms with Crippen LogP contribution in [0.2, 0.25) is 0 Å². The summed E-state index contributed by atoms with van der Waals surface area (Å²) in [5.41, 5.74) is 3.45. The molecule has 1 aromatic heterocycles. The summed E-state index contributed by atoms with van der Waals surface area (Å²) in [4.78, 5) is 5.64. The van der Waals surface area contributed by atoms with Gasteiger partial charge in [-0.2, -0.15) is 0 Å². The van der Waals surface area contributed by atoms with E-state index in [-0.39, 0.29) is 0 Å². The lowest BCUT2D eigenvalue weighted by molar-refractivity contribution is 1.35. The van der Waals surface area contributed by atoms with Gasteiger partial charge in [0.1, 0.15) is 0 Å². The van der Waals surface area contributed by atoms with Crippen molar-refractivity contribution < 1.29 is 0 Å². The van der Waals surface area contributed by atoms with Crippen LogP contribution in [0.1, 0.15) is 5.56 Å². The van der Waals surface area contributed by atoms with Crippen LogP contribution in [0.25, 0.3) is 21.7 Å². The SMILES string of the molecule is Cc1ccc(NSc2cccc3cccnc23)c2ccccc12. The van der Waals surface area contributed by atoms with Crippen molar-refractivity contribution in [1.82, 2.24) is 4.98 Å². The van der Waals surface area contributed by atoms with Crippen LogP contribution < -0.4 is 4.72 Å². The largest absolute Gasteiger partial charge is 0.325 e. The van der Waals surface area contributed by atoms with Crippen molar-refractivity contribution >= 4 is 39.3 Å². The van der Waals surface area contributed by atoms with Crippen molar-refractivity contribution in [3.05, 3.63) is 78.5 Å². The summed E-state index contributed by atoms with van der Waals surface area (Å²) < 4.78 is 3.50. The standard InChI is InChI=1S/C20H16N2S/c1-14-11-12-18(17-9-3-2-8-16(14)17)22-23-19-10-4-6-15-7-5-13-21-20(15)19/h2-13,22H,1H3. The highest BCUT2D eigenvalue weighted by Crippen LogP contribution is 2.32. The van der Waals surface area contributed by atoms with E-state index in [0.29, 0.717) is 0 Å². The minimum absolute atomic E-state index is 1.03. The fourth-order valence-electron chi connectivity index (χ4n) is 2.81. The molecule has 23 heavy (non-hydrogen) atoms. The highest BCUT2D eigenvalue weighted by Gasteiger charge is 2.06. The second kappa shape index (κ2) is 5.94. The maximum absolute atomic E-state index is 4.51. The van der Waals surface area contributed by atoms with Crippen molar-refractivity contribution in [2.24, 2.45) is 0 Å². The summed E-state index contributed by atoms with van der Waals surface area (Å²) >= 11 is 1.61. The lowest BCUT2D eigenvalue weighted by Crippen LogP contribution is -1.91. The number of nitrogens with one attached hydrogen (secondary N) is 1. The third kappa shape index (κ3) is 2.64. The van der Waals surface area contributed by atoms with Gasteiger partial charge in [0, 0.05) is 17.0 Å². The molecule has 0 saturated heterocycles. The fraction of sp³-hybridized carbons (Fsp3) is 0.0500. The van der Waals surface area contributed by atoms with E-state index >= 15 is 0 Å². The maximum Gasteiger partial charge on any atom is 0.0855 e. The second-order valence-corrected chi connectivity index (χ2v) is 6.36. The molecule has 0 atom stereocenters. The van der Waals surface area contributed by atoms with Crippen LogP contribution in [0, 0.1) is 6.92 Å². The molecule has 3 heteroatoms. The third-order valence-corrected chi connectivity index (χ3v) is 4.88. The fourth-order valence-corrected chi connectivity index (χ4v) is 3.62. The number of hydrogen-bond acceptors (Lipinski definition) is 3. The molecule has 112 valence electrons. The first kappa shape index (κ1) is 14.1. The van der Waals surface area contributed by atoms with E-state index < -0.39 is 0 Å².